The first-order valence-electron chi connectivity index (χ1n) is 12.3. The lowest BCUT2D eigenvalue weighted by atomic mass is 10.1. The van der Waals surface area contributed by atoms with Crippen molar-refractivity contribution in [3.8, 4) is 33.8 Å². The van der Waals surface area contributed by atoms with Crippen LogP contribution in [0.3, 0.4) is 0 Å². The lowest BCUT2D eigenvalue weighted by Gasteiger charge is -2.26. The quantitative estimate of drug-likeness (QED) is 0.296. The van der Waals surface area contributed by atoms with Gasteiger partial charge in [0.25, 0.3) is 0 Å². The third-order valence-corrected chi connectivity index (χ3v) is 7.66. The summed E-state index contributed by atoms with van der Waals surface area (Å²) < 4.78 is 0. The van der Waals surface area contributed by atoms with Crippen LogP contribution in [0.1, 0.15) is 24.8 Å². The van der Waals surface area contributed by atoms with E-state index in [4.69, 9.17) is 4.98 Å². The van der Waals surface area contributed by atoms with E-state index in [2.05, 4.69) is 65.1 Å². The van der Waals surface area contributed by atoms with Gasteiger partial charge in [-0.15, -0.1) is 0 Å². The first-order valence-corrected chi connectivity index (χ1v) is 13.3. The Balaban J connectivity index is 1.26. The molecule has 1 aliphatic heterocycles. The minimum Gasteiger partial charge on any atom is -0.338 e. The average Bonchev–Trinajstić information content (AvgIpc) is 3.68. The second-order valence-electron chi connectivity index (χ2n) is 9.40. The standard InChI is InChI=1S/C28H25N7S/c1-2-9-35(10-3-1)16-18-12-20(15-29-14-18)23-4-5-24-26(31-23)27(34-33-24)25-13-22-21(19-7-11-36-17-19)6-8-30-28(22)32-25/h4-8,11-15,17H,1-3,9-10,16H2,(H,30,32)(H,33,34). The molecule has 0 saturated carbocycles. The molecule has 0 bridgehead atoms. The molecule has 0 atom stereocenters. The molecule has 8 heteroatoms. The zero-order valence-corrected chi connectivity index (χ0v) is 20.6. The summed E-state index contributed by atoms with van der Waals surface area (Å²) in [4.78, 5) is 20.1. The Kier molecular flexibility index (Phi) is 5.33. The number of thiophene rings is 1. The smallest absolute Gasteiger partial charge is 0.138 e. The van der Waals surface area contributed by atoms with Crippen LogP contribution in [-0.4, -0.2) is 48.1 Å². The summed E-state index contributed by atoms with van der Waals surface area (Å²) in [5.41, 5.74) is 9.76. The summed E-state index contributed by atoms with van der Waals surface area (Å²) in [6.45, 7) is 3.27. The van der Waals surface area contributed by atoms with Crippen molar-refractivity contribution in [2.75, 3.05) is 13.1 Å². The second-order valence-corrected chi connectivity index (χ2v) is 10.2. The maximum atomic E-state index is 5.03. The number of nitrogens with one attached hydrogen (secondary N) is 2. The Bertz CT molecular complexity index is 1660. The number of hydrogen-bond acceptors (Lipinski definition) is 6. The van der Waals surface area contributed by atoms with Crippen LogP contribution in [0.2, 0.25) is 0 Å². The number of pyridine rings is 3. The molecule has 0 unspecified atom stereocenters. The molecule has 0 spiro atoms. The first-order chi connectivity index (χ1) is 17.8. The maximum Gasteiger partial charge on any atom is 0.138 e. The molecule has 7 rings (SSSR count). The molecule has 1 aliphatic rings. The number of aromatic nitrogens is 6. The van der Waals surface area contributed by atoms with E-state index in [9.17, 15) is 0 Å². The average molecular weight is 492 g/mol. The van der Waals surface area contributed by atoms with E-state index < -0.39 is 0 Å². The summed E-state index contributed by atoms with van der Waals surface area (Å²) in [5.74, 6) is 0. The summed E-state index contributed by atoms with van der Waals surface area (Å²) in [6, 6.07) is 12.6. The molecular weight excluding hydrogens is 466 g/mol. The Morgan fingerprint density at radius 1 is 0.972 bits per heavy atom. The van der Waals surface area contributed by atoms with Crippen LogP contribution in [0, 0.1) is 0 Å². The van der Waals surface area contributed by atoms with Gasteiger partial charge < -0.3 is 4.98 Å². The predicted octanol–water partition coefficient (Wildman–Crippen LogP) is 6.28. The Morgan fingerprint density at radius 2 is 1.92 bits per heavy atom. The van der Waals surface area contributed by atoms with Gasteiger partial charge in [0.15, 0.2) is 0 Å². The molecule has 178 valence electrons. The highest BCUT2D eigenvalue weighted by molar-refractivity contribution is 7.08. The molecule has 0 aromatic carbocycles. The summed E-state index contributed by atoms with van der Waals surface area (Å²) in [7, 11) is 0. The number of hydrogen-bond donors (Lipinski definition) is 2. The molecule has 1 fully saturated rings. The van der Waals surface area contributed by atoms with E-state index in [1.165, 1.54) is 43.5 Å². The Morgan fingerprint density at radius 3 is 2.81 bits per heavy atom. The molecule has 7 heterocycles. The number of aromatic amines is 2. The van der Waals surface area contributed by atoms with Crippen molar-refractivity contribution >= 4 is 33.4 Å². The number of likely N-dealkylation sites (tertiary alicyclic amines) is 1. The van der Waals surface area contributed by atoms with Crippen LogP contribution >= 0.6 is 11.3 Å². The van der Waals surface area contributed by atoms with Crippen molar-refractivity contribution in [2.45, 2.75) is 25.8 Å². The van der Waals surface area contributed by atoms with Crippen molar-refractivity contribution < 1.29 is 0 Å². The van der Waals surface area contributed by atoms with Crippen LogP contribution in [-0.2, 0) is 6.54 Å². The number of H-pyrrole nitrogens is 2. The van der Waals surface area contributed by atoms with E-state index in [0.29, 0.717) is 0 Å². The molecule has 0 radical (unpaired) electrons. The molecule has 7 nitrogen and oxygen atoms in total. The molecular formula is C28H25N7S. The van der Waals surface area contributed by atoms with E-state index >= 15 is 0 Å². The molecule has 0 aliphatic carbocycles. The fourth-order valence-corrected chi connectivity index (χ4v) is 5.82. The molecule has 36 heavy (non-hydrogen) atoms. The van der Waals surface area contributed by atoms with E-state index in [1.807, 2.05) is 30.7 Å². The number of piperidine rings is 1. The lowest BCUT2D eigenvalue weighted by molar-refractivity contribution is 0.220. The monoisotopic (exact) mass is 491 g/mol. The van der Waals surface area contributed by atoms with Gasteiger partial charge in [-0.05, 0) is 89.8 Å². The summed E-state index contributed by atoms with van der Waals surface area (Å²) in [5, 5.41) is 13.1. The first kappa shape index (κ1) is 21.4. The molecule has 6 aromatic heterocycles. The van der Waals surface area contributed by atoms with E-state index in [1.54, 1.807) is 11.3 Å². The molecule has 0 amide bonds. The normalized spacial score (nSPS) is 14.7. The van der Waals surface area contributed by atoms with Gasteiger partial charge in [-0.3, -0.25) is 15.0 Å². The predicted molar refractivity (Wildman–Crippen MR) is 145 cm³/mol. The van der Waals surface area contributed by atoms with Crippen molar-refractivity contribution in [1.82, 2.24) is 35.0 Å². The minimum atomic E-state index is 0.790. The van der Waals surface area contributed by atoms with Crippen molar-refractivity contribution in [3.05, 3.63) is 71.3 Å². The second kappa shape index (κ2) is 8.96. The summed E-state index contributed by atoms with van der Waals surface area (Å²) in [6.07, 6.45) is 9.63. The fourth-order valence-electron chi connectivity index (χ4n) is 5.16. The van der Waals surface area contributed by atoms with Gasteiger partial charge in [-0.1, -0.05) is 6.42 Å². The van der Waals surface area contributed by atoms with Crippen molar-refractivity contribution in [3.63, 3.8) is 0 Å². The van der Waals surface area contributed by atoms with Crippen LogP contribution in [0.4, 0.5) is 0 Å². The number of fused-ring (bicyclic) bond motifs is 2. The van der Waals surface area contributed by atoms with E-state index in [0.717, 1.165) is 56.8 Å². The third-order valence-electron chi connectivity index (χ3n) is 6.97. The topological polar surface area (TPSA) is 86.4 Å². The van der Waals surface area contributed by atoms with Gasteiger partial charge in [0.1, 0.15) is 16.9 Å². The van der Waals surface area contributed by atoms with Crippen molar-refractivity contribution in [1.29, 1.82) is 0 Å². The highest BCUT2D eigenvalue weighted by Gasteiger charge is 2.17. The molecule has 1 saturated heterocycles. The summed E-state index contributed by atoms with van der Waals surface area (Å²) >= 11 is 1.69. The molecule has 2 N–H and O–H groups in total. The fraction of sp³-hybridized carbons (Fsp3) is 0.214. The van der Waals surface area contributed by atoms with Gasteiger partial charge >= 0.3 is 0 Å². The number of nitrogens with zero attached hydrogens (tertiary/aromatic N) is 5. The van der Waals surface area contributed by atoms with Gasteiger partial charge in [0.2, 0.25) is 0 Å². The minimum absolute atomic E-state index is 0.790. The Hall–Kier alpha value is -3.88. The van der Waals surface area contributed by atoms with Crippen LogP contribution < -0.4 is 0 Å². The third kappa shape index (κ3) is 3.88. The van der Waals surface area contributed by atoms with Gasteiger partial charge in [0, 0.05) is 36.1 Å². The van der Waals surface area contributed by atoms with Gasteiger partial charge in [0.05, 0.1) is 16.9 Å². The van der Waals surface area contributed by atoms with Gasteiger partial charge in [-0.2, -0.15) is 16.4 Å². The highest BCUT2D eigenvalue weighted by Crippen LogP contribution is 2.34. The zero-order valence-electron chi connectivity index (χ0n) is 19.7. The zero-order chi connectivity index (χ0) is 23.9. The van der Waals surface area contributed by atoms with Crippen LogP contribution in [0.15, 0.2) is 65.7 Å². The van der Waals surface area contributed by atoms with E-state index in [-0.39, 0.29) is 0 Å². The van der Waals surface area contributed by atoms with Crippen molar-refractivity contribution in [2.24, 2.45) is 0 Å². The largest absolute Gasteiger partial charge is 0.338 e. The van der Waals surface area contributed by atoms with Crippen LogP contribution in [0.25, 0.3) is 55.8 Å². The highest BCUT2D eigenvalue weighted by atomic mass is 32.1. The van der Waals surface area contributed by atoms with Crippen LogP contribution in [0.5, 0.6) is 0 Å². The molecule has 6 aromatic rings. The van der Waals surface area contributed by atoms with Gasteiger partial charge in [-0.25, -0.2) is 9.97 Å². The maximum absolute atomic E-state index is 5.03. The SMILES string of the molecule is c1cc(-c2ccsc2)c2cc(-c3n[nH]c4ccc(-c5cncc(CN6CCCCC6)c5)nc34)[nH]c2n1. The number of rotatable bonds is 5. The lowest BCUT2D eigenvalue weighted by Crippen LogP contribution is -2.29. The Labute approximate surface area is 212 Å².